The van der Waals surface area contributed by atoms with E-state index in [1.54, 1.807) is 61.5 Å². The maximum absolute atomic E-state index is 13.0. The van der Waals surface area contributed by atoms with Crippen LogP contribution in [0, 0.1) is 0 Å². The quantitative estimate of drug-likeness (QED) is 0.548. The molecule has 2 amide bonds. The van der Waals surface area contributed by atoms with E-state index in [0.29, 0.717) is 22.1 Å². The van der Waals surface area contributed by atoms with Gasteiger partial charge in [0.25, 0.3) is 5.91 Å². The largest absolute Gasteiger partial charge is 0.497 e. The minimum absolute atomic E-state index is 0.323. The van der Waals surface area contributed by atoms with Crippen molar-refractivity contribution in [1.82, 2.24) is 10.7 Å². The van der Waals surface area contributed by atoms with Gasteiger partial charge in [0.2, 0.25) is 12.3 Å². The molecule has 0 aromatic heterocycles. The first-order valence-corrected chi connectivity index (χ1v) is 10.6. The maximum atomic E-state index is 13.0. The van der Waals surface area contributed by atoms with Crippen molar-refractivity contribution in [3.8, 4) is 11.5 Å². The van der Waals surface area contributed by atoms with E-state index in [9.17, 15) is 9.59 Å². The number of rotatable bonds is 6. The molecule has 1 saturated heterocycles. The van der Waals surface area contributed by atoms with Crippen molar-refractivity contribution >= 4 is 29.6 Å². The fourth-order valence-electron chi connectivity index (χ4n) is 3.69. The average Bonchev–Trinajstić information content (AvgIpc) is 3.14. The zero-order valence-electron chi connectivity index (χ0n) is 18.1. The van der Waals surface area contributed by atoms with E-state index in [-0.39, 0.29) is 11.8 Å². The number of benzene rings is 3. The highest BCUT2D eigenvalue weighted by Crippen LogP contribution is 2.27. The first-order chi connectivity index (χ1) is 16.0. The Balaban J connectivity index is 1.68. The Kier molecular flexibility index (Phi) is 6.60. The molecule has 0 aliphatic carbocycles. The number of methoxy groups -OCH3 is 2. The Morgan fingerprint density at radius 1 is 1.00 bits per heavy atom. The second kappa shape index (κ2) is 9.75. The number of nitrogens with one attached hydrogen (secondary N) is 2. The summed E-state index contributed by atoms with van der Waals surface area (Å²) in [4.78, 5) is 25.9. The molecular weight excluding hydrogens is 442 g/mol. The zero-order chi connectivity index (χ0) is 23.4. The van der Waals surface area contributed by atoms with Crippen LogP contribution in [0.1, 0.15) is 27.5 Å². The number of hydrogen-bond acceptors (Lipinski definition) is 4. The summed E-state index contributed by atoms with van der Waals surface area (Å²) in [6.45, 7) is 0. The highest BCUT2D eigenvalue weighted by Gasteiger charge is 2.47. The van der Waals surface area contributed by atoms with E-state index in [4.69, 9.17) is 21.1 Å². The van der Waals surface area contributed by atoms with Gasteiger partial charge in [-0.3, -0.25) is 9.59 Å². The van der Waals surface area contributed by atoms with Crippen molar-refractivity contribution in [2.24, 2.45) is 0 Å². The molecule has 2 atom stereocenters. The van der Waals surface area contributed by atoms with E-state index in [0.717, 1.165) is 11.1 Å². The summed E-state index contributed by atoms with van der Waals surface area (Å²) in [5.74, 6) is 0.654. The third-order valence-electron chi connectivity index (χ3n) is 5.37. The Labute approximate surface area is 196 Å². The lowest BCUT2D eigenvalue weighted by atomic mass is 9.99. The van der Waals surface area contributed by atoms with Crippen molar-refractivity contribution in [3.05, 3.63) is 94.5 Å². The Bertz CT molecular complexity index is 1190. The van der Waals surface area contributed by atoms with Crippen LogP contribution in [-0.2, 0) is 4.79 Å². The fraction of sp³-hybridized carbons (Fsp3) is 0.160. The molecule has 168 valence electrons. The zero-order valence-corrected chi connectivity index (χ0v) is 18.9. The van der Waals surface area contributed by atoms with Gasteiger partial charge in [0.05, 0.1) is 14.2 Å². The Hall–Kier alpha value is -3.84. The minimum Gasteiger partial charge on any atom is -0.497 e. The van der Waals surface area contributed by atoms with Gasteiger partial charge in [-0.05, 0) is 54.6 Å². The van der Waals surface area contributed by atoms with Crippen LogP contribution in [0.4, 0.5) is 0 Å². The van der Waals surface area contributed by atoms with Gasteiger partial charge in [0.1, 0.15) is 11.5 Å². The van der Waals surface area contributed by atoms with Crippen LogP contribution in [0.3, 0.4) is 0 Å². The van der Waals surface area contributed by atoms with Gasteiger partial charge in [-0.25, -0.2) is 0 Å². The third-order valence-corrected chi connectivity index (χ3v) is 5.62. The Morgan fingerprint density at radius 2 is 1.70 bits per heavy atom. The highest BCUT2D eigenvalue weighted by molar-refractivity contribution is 6.30. The summed E-state index contributed by atoms with van der Waals surface area (Å²) in [7, 11) is 3.15. The molecule has 7 nitrogen and oxygen atoms in total. The molecule has 3 aromatic carbocycles. The summed E-state index contributed by atoms with van der Waals surface area (Å²) >= 11 is 6.07. The van der Waals surface area contributed by atoms with Gasteiger partial charge in [0, 0.05) is 21.7 Å². The van der Waals surface area contributed by atoms with Crippen LogP contribution in [-0.4, -0.2) is 43.0 Å². The standard InChI is InChI=1S/C25H22ClN3O4/c1-32-20-12-8-18(9-13-20)24(30)27-22-23(17-6-10-19(26)11-7-17)29(28-25(22)31)15-16-4-3-5-21(14-16)33-2/h3-15,22-23H,1-2H3,(H-,27,28,30,31)/p+1/b29-15-/t22-,23+/m1/s1. The van der Waals surface area contributed by atoms with Gasteiger partial charge in [-0.2, -0.15) is 0 Å². The number of carbonyl (C=O) groups is 2. The van der Waals surface area contributed by atoms with Crippen LogP contribution in [0.15, 0.2) is 72.8 Å². The number of halogens is 1. The summed E-state index contributed by atoms with van der Waals surface area (Å²) in [5.41, 5.74) is 4.93. The number of nitrogens with zero attached hydrogens (tertiary/aromatic N) is 1. The predicted octanol–water partition coefficient (Wildman–Crippen LogP) is 3.37. The fourth-order valence-corrected chi connectivity index (χ4v) is 3.82. The van der Waals surface area contributed by atoms with Crippen molar-refractivity contribution in [2.45, 2.75) is 12.1 Å². The molecule has 33 heavy (non-hydrogen) atoms. The molecule has 0 radical (unpaired) electrons. The molecule has 1 fully saturated rings. The monoisotopic (exact) mass is 464 g/mol. The van der Waals surface area contributed by atoms with E-state index in [1.165, 1.54) is 0 Å². The molecule has 0 saturated carbocycles. The number of amides is 2. The first kappa shape index (κ1) is 22.4. The number of carbonyl (C=O) groups excluding carboxylic acids is 2. The second-order valence-electron chi connectivity index (χ2n) is 7.47. The maximum Gasteiger partial charge on any atom is 0.304 e. The van der Waals surface area contributed by atoms with Crippen molar-refractivity contribution in [3.63, 3.8) is 0 Å². The predicted molar refractivity (Wildman–Crippen MR) is 125 cm³/mol. The van der Waals surface area contributed by atoms with Gasteiger partial charge in [0.15, 0.2) is 6.04 Å². The van der Waals surface area contributed by atoms with Crippen LogP contribution in [0.5, 0.6) is 11.5 Å². The average molecular weight is 465 g/mol. The molecule has 1 aliphatic rings. The molecule has 8 heteroatoms. The van der Waals surface area contributed by atoms with Crippen LogP contribution in [0.2, 0.25) is 5.02 Å². The molecule has 0 bridgehead atoms. The lowest BCUT2D eigenvalue weighted by Gasteiger charge is -2.15. The molecule has 1 aliphatic heterocycles. The van der Waals surface area contributed by atoms with Crippen molar-refractivity contribution in [2.75, 3.05) is 14.2 Å². The lowest BCUT2D eigenvalue weighted by Crippen LogP contribution is -2.42. The molecule has 3 aromatic rings. The number of ether oxygens (including phenoxy) is 2. The smallest absolute Gasteiger partial charge is 0.304 e. The van der Waals surface area contributed by atoms with Gasteiger partial charge in [-0.1, -0.05) is 29.8 Å². The van der Waals surface area contributed by atoms with Crippen LogP contribution in [0.25, 0.3) is 0 Å². The molecule has 0 spiro atoms. The first-order valence-electron chi connectivity index (χ1n) is 10.3. The molecule has 4 rings (SSSR count). The van der Waals surface area contributed by atoms with Gasteiger partial charge in [-0.15, -0.1) is 10.1 Å². The van der Waals surface area contributed by atoms with Crippen molar-refractivity contribution < 1.29 is 23.7 Å². The number of hydrazine groups is 1. The SMILES string of the molecule is COc1ccc(C(=O)N[C@H]2C(=O)N/[N+](=C\c3cccc(OC)c3)[C@H]2c2ccc(Cl)cc2)cc1. The van der Waals surface area contributed by atoms with Crippen LogP contribution < -0.4 is 20.2 Å². The third kappa shape index (κ3) is 4.99. The summed E-state index contributed by atoms with van der Waals surface area (Å²) in [6, 6.07) is 20.0. The number of hydrogen-bond donors (Lipinski definition) is 2. The van der Waals surface area contributed by atoms with E-state index >= 15 is 0 Å². The topological polar surface area (TPSA) is 79.7 Å². The molecule has 2 N–H and O–H groups in total. The highest BCUT2D eigenvalue weighted by atomic mass is 35.5. The number of hydrazone groups is 1. The van der Waals surface area contributed by atoms with Crippen molar-refractivity contribution in [1.29, 1.82) is 0 Å². The Morgan fingerprint density at radius 3 is 2.36 bits per heavy atom. The molecule has 1 heterocycles. The second-order valence-corrected chi connectivity index (χ2v) is 7.90. The summed E-state index contributed by atoms with van der Waals surface area (Å²) < 4.78 is 12.1. The minimum atomic E-state index is -0.831. The van der Waals surface area contributed by atoms with Crippen LogP contribution >= 0.6 is 11.6 Å². The van der Waals surface area contributed by atoms with Gasteiger partial charge < -0.3 is 14.8 Å². The molecular formula is C25H23ClN3O4+. The summed E-state index contributed by atoms with van der Waals surface area (Å²) in [6.07, 6.45) is 1.80. The lowest BCUT2D eigenvalue weighted by molar-refractivity contribution is -0.596. The van der Waals surface area contributed by atoms with Gasteiger partial charge >= 0.3 is 5.91 Å². The van der Waals surface area contributed by atoms with E-state index in [2.05, 4.69) is 10.7 Å². The summed E-state index contributed by atoms with van der Waals surface area (Å²) in [5, 5.41) is 3.45. The molecule has 0 unspecified atom stereocenters. The normalized spacial score (nSPS) is 18.6. The van der Waals surface area contributed by atoms with E-state index in [1.807, 2.05) is 36.4 Å². The van der Waals surface area contributed by atoms with E-state index < -0.39 is 12.1 Å².